The zero-order valence-electron chi connectivity index (χ0n) is 16.7. The van der Waals surface area contributed by atoms with Crippen LogP contribution in [0.15, 0.2) is 53.7 Å². The Bertz CT molecular complexity index is 1070. The maximum absolute atomic E-state index is 13.1. The molecule has 0 saturated heterocycles. The van der Waals surface area contributed by atoms with Gasteiger partial charge in [-0.1, -0.05) is 6.07 Å². The van der Waals surface area contributed by atoms with Crippen LogP contribution in [0.1, 0.15) is 42.7 Å². The minimum absolute atomic E-state index is 0.0144. The van der Waals surface area contributed by atoms with Crippen molar-refractivity contribution in [3.05, 3.63) is 64.9 Å². The van der Waals surface area contributed by atoms with Gasteiger partial charge in [0.2, 0.25) is 5.91 Å². The third-order valence-electron chi connectivity index (χ3n) is 5.73. The van der Waals surface area contributed by atoms with E-state index in [-0.39, 0.29) is 29.6 Å². The lowest BCUT2D eigenvalue weighted by atomic mass is 9.77. The molecule has 1 atom stereocenters. The van der Waals surface area contributed by atoms with E-state index in [1.807, 2.05) is 0 Å². The molecule has 0 fully saturated rings. The topological polar surface area (TPSA) is 66.8 Å². The van der Waals surface area contributed by atoms with Crippen LogP contribution in [0.4, 0.5) is 18.9 Å². The van der Waals surface area contributed by atoms with Crippen LogP contribution in [-0.4, -0.2) is 23.9 Å². The van der Waals surface area contributed by atoms with Crippen LogP contribution in [0.25, 0.3) is 0 Å². The van der Waals surface area contributed by atoms with Crippen molar-refractivity contribution in [2.24, 2.45) is 0 Å². The van der Waals surface area contributed by atoms with Crippen LogP contribution in [0.5, 0.6) is 11.5 Å². The summed E-state index contributed by atoms with van der Waals surface area (Å²) < 4.78 is 43.9. The van der Waals surface area contributed by atoms with Gasteiger partial charge >= 0.3 is 6.18 Å². The Morgan fingerprint density at radius 3 is 2.42 bits per heavy atom. The number of ketones is 1. The van der Waals surface area contributed by atoms with Gasteiger partial charge in [-0.2, -0.15) is 13.2 Å². The first kappa shape index (κ1) is 21.0. The molecule has 4 rings (SSSR count). The maximum atomic E-state index is 13.1. The van der Waals surface area contributed by atoms with Crippen molar-refractivity contribution in [3.8, 4) is 11.5 Å². The number of phenols is 1. The lowest BCUT2D eigenvalue weighted by Crippen LogP contribution is -2.40. The second-order valence-corrected chi connectivity index (χ2v) is 7.60. The van der Waals surface area contributed by atoms with Crippen LogP contribution in [0.2, 0.25) is 0 Å². The number of ether oxygens (including phenoxy) is 1. The molecule has 1 N–H and O–H groups in total. The molecule has 8 heteroatoms. The number of carbonyl (C=O) groups excluding carboxylic acids is 2. The van der Waals surface area contributed by atoms with Crippen LogP contribution in [0.3, 0.4) is 0 Å². The first-order chi connectivity index (χ1) is 14.7. The Labute approximate surface area is 176 Å². The van der Waals surface area contributed by atoms with Crippen molar-refractivity contribution in [2.75, 3.05) is 12.0 Å². The van der Waals surface area contributed by atoms with E-state index in [1.165, 1.54) is 30.2 Å². The second kappa shape index (κ2) is 7.76. The van der Waals surface area contributed by atoms with E-state index in [0.29, 0.717) is 41.8 Å². The zero-order chi connectivity index (χ0) is 22.3. The molecule has 0 bridgehead atoms. The van der Waals surface area contributed by atoms with Gasteiger partial charge in [-0.05, 0) is 54.8 Å². The van der Waals surface area contributed by atoms with Gasteiger partial charge in [-0.15, -0.1) is 0 Å². The molecular formula is C23H20F3NO4. The fraction of sp³-hybridized carbons (Fsp3) is 0.304. The number of Topliss-reactive ketones (excluding diaryl/α,β-unsaturated/α-hetero) is 1. The number of anilines is 1. The number of halogens is 3. The highest BCUT2D eigenvalue weighted by atomic mass is 19.4. The number of amides is 1. The van der Waals surface area contributed by atoms with E-state index in [0.717, 1.165) is 12.1 Å². The number of phenolic OH excluding ortho intramolecular Hbond substituents is 1. The predicted molar refractivity (Wildman–Crippen MR) is 107 cm³/mol. The van der Waals surface area contributed by atoms with Crippen molar-refractivity contribution >= 4 is 17.4 Å². The Morgan fingerprint density at radius 1 is 1.06 bits per heavy atom. The SMILES string of the molecule is COc1cc(C2CC(=O)N(c3ccc(C(F)(F)F)cc3)C3=C2C(=O)CCC3)ccc1O. The lowest BCUT2D eigenvalue weighted by Gasteiger charge is -2.38. The number of carbonyl (C=O) groups is 2. The summed E-state index contributed by atoms with van der Waals surface area (Å²) in [4.78, 5) is 27.4. The molecule has 1 heterocycles. The fourth-order valence-corrected chi connectivity index (χ4v) is 4.29. The molecule has 0 radical (unpaired) electrons. The minimum atomic E-state index is -4.47. The predicted octanol–water partition coefficient (Wildman–Crippen LogP) is 4.95. The summed E-state index contributed by atoms with van der Waals surface area (Å²) in [5.41, 5.74) is 1.20. The number of methoxy groups -OCH3 is 1. The molecule has 31 heavy (non-hydrogen) atoms. The van der Waals surface area contributed by atoms with Gasteiger partial charge in [0.05, 0.1) is 12.7 Å². The summed E-state index contributed by atoms with van der Waals surface area (Å²) in [6.07, 6.45) is -3.11. The molecule has 2 aliphatic rings. The Hall–Kier alpha value is -3.29. The van der Waals surface area contributed by atoms with Gasteiger partial charge < -0.3 is 9.84 Å². The molecule has 0 aromatic heterocycles. The largest absolute Gasteiger partial charge is 0.504 e. The molecule has 1 unspecified atom stereocenters. The standard InChI is InChI=1S/C23H20F3NO4/c1-31-20-11-13(5-10-18(20)28)16-12-21(30)27(17-3-2-4-19(29)22(16)17)15-8-6-14(7-9-15)23(24,25)26/h5-11,16,28H,2-4,12H2,1H3. The average Bonchev–Trinajstić information content (AvgIpc) is 2.73. The van der Waals surface area contributed by atoms with E-state index >= 15 is 0 Å². The molecule has 1 amide bonds. The van der Waals surface area contributed by atoms with Crippen LogP contribution < -0.4 is 9.64 Å². The summed E-state index contributed by atoms with van der Waals surface area (Å²) in [5, 5.41) is 9.88. The summed E-state index contributed by atoms with van der Waals surface area (Å²) in [6, 6.07) is 9.09. The van der Waals surface area contributed by atoms with E-state index in [2.05, 4.69) is 0 Å². The first-order valence-electron chi connectivity index (χ1n) is 9.84. The summed E-state index contributed by atoms with van der Waals surface area (Å²) in [7, 11) is 1.41. The van der Waals surface area contributed by atoms with E-state index in [1.54, 1.807) is 12.1 Å². The highest BCUT2D eigenvalue weighted by Crippen LogP contribution is 2.45. The fourth-order valence-electron chi connectivity index (χ4n) is 4.29. The number of allylic oxidation sites excluding steroid dienone is 2. The van der Waals surface area contributed by atoms with Crippen molar-refractivity contribution in [2.45, 2.75) is 37.8 Å². The summed E-state index contributed by atoms with van der Waals surface area (Å²) >= 11 is 0. The molecule has 2 aromatic carbocycles. The van der Waals surface area contributed by atoms with Gasteiger partial charge in [0, 0.05) is 35.7 Å². The van der Waals surface area contributed by atoms with E-state index in [4.69, 9.17) is 4.74 Å². The molecule has 0 saturated carbocycles. The van der Waals surface area contributed by atoms with Crippen LogP contribution in [0, 0.1) is 0 Å². The Morgan fingerprint density at radius 2 is 1.77 bits per heavy atom. The minimum Gasteiger partial charge on any atom is -0.504 e. The quantitative estimate of drug-likeness (QED) is 0.747. The van der Waals surface area contributed by atoms with Gasteiger partial charge in [-0.3, -0.25) is 14.5 Å². The third kappa shape index (κ3) is 3.78. The first-order valence-corrected chi connectivity index (χ1v) is 9.84. The van der Waals surface area contributed by atoms with Gasteiger partial charge in [-0.25, -0.2) is 0 Å². The number of alkyl halides is 3. The maximum Gasteiger partial charge on any atom is 0.416 e. The molecule has 162 valence electrons. The number of aromatic hydroxyl groups is 1. The number of rotatable bonds is 3. The highest BCUT2D eigenvalue weighted by Gasteiger charge is 2.40. The Balaban J connectivity index is 1.80. The second-order valence-electron chi connectivity index (χ2n) is 7.60. The van der Waals surface area contributed by atoms with Crippen molar-refractivity contribution in [3.63, 3.8) is 0 Å². The summed E-state index contributed by atoms with van der Waals surface area (Å²) in [6.45, 7) is 0. The number of hydrogen-bond acceptors (Lipinski definition) is 4. The van der Waals surface area contributed by atoms with Gasteiger partial charge in [0.1, 0.15) is 0 Å². The van der Waals surface area contributed by atoms with Crippen LogP contribution >= 0.6 is 0 Å². The average molecular weight is 431 g/mol. The van der Waals surface area contributed by atoms with Gasteiger partial charge in [0.25, 0.3) is 0 Å². The van der Waals surface area contributed by atoms with Crippen molar-refractivity contribution in [1.82, 2.24) is 0 Å². The smallest absolute Gasteiger partial charge is 0.416 e. The zero-order valence-corrected chi connectivity index (χ0v) is 16.7. The van der Waals surface area contributed by atoms with E-state index < -0.39 is 17.7 Å². The number of hydrogen-bond donors (Lipinski definition) is 1. The van der Waals surface area contributed by atoms with Crippen LogP contribution in [-0.2, 0) is 15.8 Å². The normalized spacial score (nSPS) is 19.5. The van der Waals surface area contributed by atoms with Crippen molar-refractivity contribution < 1.29 is 32.6 Å². The molecule has 0 spiro atoms. The monoisotopic (exact) mass is 431 g/mol. The summed E-state index contributed by atoms with van der Waals surface area (Å²) in [5.74, 6) is -0.701. The number of nitrogens with zero attached hydrogens (tertiary/aromatic N) is 1. The number of benzene rings is 2. The molecule has 1 aliphatic carbocycles. The highest BCUT2D eigenvalue weighted by molar-refractivity contribution is 6.07. The van der Waals surface area contributed by atoms with Gasteiger partial charge in [0.15, 0.2) is 17.3 Å². The van der Waals surface area contributed by atoms with E-state index in [9.17, 15) is 27.9 Å². The lowest BCUT2D eigenvalue weighted by molar-refractivity contribution is -0.137. The Kier molecular flexibility index (Phi) is 5.24. The molecule has 1 aliphatic heterocycles. The third-order valence-corrected chi connectivity index (χ3v) is 5.73. The molecular weight excluding hydrogens is 411 g/mol. The molecule has 5 nitrogen and oxygen atoms in total. The van der Waals surface area contributed by atoms with Crippen molar-refractivity contribution in [1.29, 1.82) is 0 Å². The molecule has 2 aromatic rings.